The minimum atomic E-state index is 0.838. The van der Waals surface area contributed by atoms with E-state index >= 15 is 0 Å². The van der Waals surface area contributed by atoms with E-state index in [9.17, 15) is 0 Å². The van der Waals surface area contributed by atoms with Gasteiger partial charge in [-0.1, -0.05) is 30.3 Å². The normalized spacial score (nSPS) is 10.5. The predicted molar refractivity (Wildman–Crippen MR) is 83.7 cm³/mol. The van der Waals surface area contributed by atoms with Gasteiger partial charge in [-0.2, -0.15) is 0 Å². The van der Waals surface area contributed by atoms with Crippen LogP contribution in [0, 0.1) is 13.8 Å². The topological polar surface area (TPSA) is 29.3 Å². The van der Waals surface area contributed by atoms with Crippen LogP contribution in [-0.2, 0) is 6.42 Å². The molecular weight excluding hydrogens is 232 g/mol. The van der Waals surface area contributed by atoms with Crippen molar-refractivity contribution in [2.75, 3.05) is 24.2 Å². The van der Waals surface area contributed by atoms with Crippen molar-refractivity contribution in [1.29, 1.82) is 0 Å². The molecule has 19 heavy (non-hydrogen) atoms. The van der Waals surface area contributed by atoms with Gasteiger partial charge in [-0.15, -0.1) is 0 Å². The number of benzene rings is 2. The lowest BCUT2D eigenvalue weighted by molar-refractivity contribution is 0.876. The van der Waals surface area contributed by atoms with Crippen LogP contribution in [0.15, 0.2) is 42.5 Å². The van der Waals surface area contributed by atoms with E-state index in [1.807, 2.05) is 18.2 Å². The second kappa shape index (κ2) is 5.79. The van der Waals surface area contributed by atoms with Gasteiger partial charge in [0.1, 0.15) is 0 Å². The van der Waals surface area contributed by atoms with Gasteiger partial charge in [0.2, 0.25) is 0 Å². The quantitative estimate of drug-likeness (QED) is 0.845. The summed E-state index contributed by atoms with van der Waals surface area (Å²) in [6.45, 7) is 5.28. The van der Waals surface area contributed by atoms with E-state index in [0.717, 1.165) is 24.3 Å². The summed E-state index contributed by atoms with van der Waals surface area (Å²) in [5.74, 6) is 0. The summed E-state index contributed by atoms with van der Waals surface area (Å²) in [6, 6.07) is 14.7. The van der Waals surface area contributed by atoms with Gasteiger partial charge in [0, 0.05) is 13.6 Å². The first-order chi connectivity index (χ1) is 9.08. The number of nitrogen functional groups attached to an aromatic ring is 1. The number of rotatable bonds is 4. The Hall–Kier alpha value is -1.96. The van der Waals surface area contributed by atoms with Gasteiger partial charge in [0.25, 0.3) is 0 Å². The van der Waals surface area contributed by atoms with Gasteiger partial charge >= 0.3 is 0 Å². The van der Waals surface area contributed by atoms with E-state index in [0.29, 0.717) is 0 Å². The molecule has 0 bridgehead atoms. The van der Waals surface area contributed by atoms with Crippen molar-refractivity contribution in [3.8, 4) is 0 Å². The van der Waals surface area contributed by atoms with Gasteiger partial charge in [-0.3, -0.25) is 0 Å². The average Bonchev–Trinajstić information content (AvgIpc) is 2.40. The molecule has 0 aliphatic carbocycles. The molecule has 2 aromatic carbocycles. The third-order valence-corrected chi connectivity index (χ3v) is 3.66. The van der Waals surface area contributed by atoms with Crippen LogP contribution < -0.4 is 10.6 Å². The molecule has 2 rings (SSSR count). The molecule has 100 valence electrons. The highest BCUT2D eigenvalue weighted by Gasteiger charge is 2.05. The number of aryl methyl sites for hydroxylation is 2. The molecule has 0 fully saturated rings. The first kappa shape index (κ1) is 13.5. The second-order valence-corrected chi connectivity index (χ2v) is 5.15. The summed E-state index contributed by atoms with van der Waals surface area (Å²) in [6.07, 6.45) is 1.03. The van der Waals surface area contributed by atoms with E-state index < -0.39 is 0 Å². The Morgan fingerprint density at radius 2 is 1.74 bits per heavy atom. The van der Waals surface area contributed by atoms with Crippen LogP contribution in [0.5, 0.6) is 0 Å². The molecule has 2 aromatic rings. The molecular formula is C17H22N2. The maximum absolute atomic E-state index is 5.99. The van der Waals surface area contributed by atoms with Crippen LogP contribution in [0.1, 0.15) is 16.7 Å². The first-order valence-corrected chi connectivity index (χ1v) is 6.69. The fourth-order valence-electron chi connectivity index (χ4n) is 2.21. The number of anilines is 2. The van der Waals surface area contributed by atoms with Crippen molar-refractivity contribution in [3.05, 3.63) is 59.2 Å². The Kier molecular flexibility index (Phi) is 4.10. The maximum Gasteiger partial charge on any atom is 0.0597 e. The number of likely N-dealkylation sites (N-methyl/N-ethyl adjacent to an activating group) is 1. The van der Waals surface area contributed by atoms with E-state index in [1.54, 1.807) is 0 Å². The van der Waals surface area contributed by atoms with Crippen LogP contribution in [0.2, 0.25) is 0 Å². The molecule has 0 unspecified atom stereocenters. The molecule has 2 N–H and O–H groups in total. The summed E-state index contributed by atoms with van der Waals surface area (Å²) in [4.78, 5) is 2.21. The zero-order valence-corrected chi connectivity index (χ0v) is 12.0. The molecule has 2 nitrogen and oxygen atoms in total. The number of hydrogen-bond donors (Lipinski definition) is 1. The zero-order valence-electron chi connectivity index (χ0n) is 12.0. The highest BCUT2D eigenvalue weighted by Crippen LogP contribution is 2.21. The van der Waals surface area contributed by atoms with E-state index in [2.05, 4.69) is 50.1 Å². The highest BCUT2D eigenvalue weighted by molar-refractivity contribution is 5.66. The number of para-hydroxylation sites is 2. The fraction of sp³-hybridized carbons (Fsp3) is 0.294. The largest absolute Gasteiger partial charge is 0.397 e. The predicted octanol–water partition coefficient (Wildman–Crippen LogP) is 3.56. The Morgan fingerprint density at radius 1 is 1.00 bits per heavy atom. The standard InChI is InChI=1S/C17H22N2/c1-13-8-9-15(12-14(13)2)10-11-19(3)17-7-5-4-6-16(17)18/h4-9,12H,10-11,18H2,1-3H3. The molecule has 0 radical (unpaired) electrons. The molecule has 0 atom stereocenters. The van der Waals surface area contributed by atoms with Crippen molar-refractivity contribution in [2.24, 2.45) is 0 Å². The van der Waals surface area contributed by atoms with Gasteiger partial charge in [-0.05, 0) is 49.1 Å². The Morgan fingerprint density at radius 3 is 2.42 bits per heavy atom. The molecule has 0 saturated carbocycles. The molecule has 0 spiro atoms. The van der Waals surface area contributed by atoms with E-state index in [4.69, 9.17) is 5.73 Å². The summed E-state index contributed by atoms with van der Waals surface area (Å²) >= 11 is 0. The Balaban J connectivity index is 2.02. The average molecular weight is 254 g/mol. The zero-order chi connectivity index (χ0) is 13.8. The van der Waals surface area contributed by atoms with E-state index in [-0.39, 0.29) is 0 Å². The van der Waals surface area contributed by atoms with Crippen LogP contribution in [0.4, 0.5) is 11.4 Å². The third kappa shape index (κ3) is 3.28. The molecule has 0 aromatic heterocycles. The van der Waals surface area contributed by atoms with Crippen LogP contribution >= 0.6 is 0 Å². The van der Waals surface area contributed by atoms with Gasteiger partial charge < -0.3 is 10.6 Å². The van der Waals surface area contributed by atoms with Crippen molar-refractivity contribution >= 4 is 11.4 Å². The molecule has 0 heterocycles. The van der Waals surface area contributed by atoms with Crippen molar-refractivity contribution in [2.45, 2.75) is 20.3 Å². The van der Waals surface area contributed by atoms with Gasteiger partial charge in [0.15, 0.2) is 0 Å². The van der Waals surface area contributed by atoms with Gasteiger partial charge in [0.05, 0.1) is 11.4 Å². The first-order valence-electron chi connectivity index (χ1n) is 6.69. The van der Waals surface area contributed by atoms with Crippen LogP contribution in [0.25, 0.3) is 0 Å². The minimum Gasteiger partial charge on any atom is -0.397 e. The maximum atomic E-state index is 5.99. The number of hydrogen-bond acceptors (Lipinski definition) is 2. The Bertz CT molecular complexity index is 561. The fourth-order valence-corrected chi connectivity index (χ4v) is 2.21. The third-order valence-electron chi connectivity index (χ3n) is 3.66. The summed E-state index contributed by atoms with van der Waals surface area (Å²) in [7, 11) is 2.09. The monoisotopic (exact) mass is 254 g/mol. The van der Waals surface area contributed by atoms with Gasteiger partial charge in [-0.25, -0.2) is 0 Å². The Labute approximate surface area is 115 Å². The summed E-state index contributed by atoms with van der Waals surface area (Å²) in [5, 5.41) is 0. The lowest BCUT2D eigenvalue weighted by Crippen LogP contribution is -2.21. The highest BCUT2D eigenvalue weighted by atomic mass is 15.1. The van der Waals surface area contributed by atoms with Crippen LogP contribution in [-0.4, -0.2) is 13.6 Å². The number of nitrogens with zero attached hydrogens (tertiary/aromatic N) is 1. The SMILES string of the molecule is Cc1ccc(CCN(C)c2ccccc2N)cc1C. The molecule has 0 aliphatic rings. The van der Waals surface area contributed by atoms with Crippen molar-refractivity contribution < 1.29 is 0 Å². The summed E-state index contributed by atoms with van der Waals surface area (Å²) in [5.41, 5.74) is 12.0. The summed E-state index contributed by atoms with van der Waals surface area (Å²) < 4.78 is 0. The molecule has 0 aliphatic heterocycles. The number of nitrogens with two attached hydrogens (primary N) is 1. The smallest absolute Gasteiger partial charge is 0.0597 e. The molecule has 0 saturated heterocycles. The molecule has 0 amide bonds. The van der Waals surface area contributed by atoms with Crippen molar-refractivity contribution in [1.82, 2.24) is 0 Å². The van der Waals surface area contributed by atoms with Crippen LogP contribution in [0.3, 0.4) is 0 Å². The van der Waals surface area contributed by atoms with Crippen molar-refractivity contribution in [3.63, 3.8) is 0 Å². The van der Waals surface area contributed by atoms with E-state index in [1.165, 1.54) is 16.7 Å². The second-order valence-electron chi connectivity index (χ2n) is 5.15. The lowest BCUT2D eigenvalue weighted by Gasteiger charge is -2.21. The lowest BCUT2D eigenvalue weighted by atomic mass is 10.0. The molecule has 2 heteroatoms. The minimum absolute atomic E-state index is 0.838.